The summed E-state index contributed by atoms with van der Waals surface area (Å²) in [5, 5.41) is 4.81. The van der Waals surface area contributed by atoms with Crippen LogP contribution in [0.3, 0.4) is 0 Å². The van der Waals surface area contributed by atoms with Crippen LogP contribution in [0.15, 0.2) is 60.7 Å². The predicted octanol–water partition coefficient (Wildman–Crippen LogP) is 3.04. The first-order valence-electron chi connectivity index (χ1n) is 9.30. The van der Waals surface area contributed by atoms with E-state index in [0.717, 1.165) is 22.8 Å². The maximum absolute atomic E-state index is 5.63. The molecule has 26 heavy (non-hydrogen) atoms. The summed E-state index contributed by atoms with van der Waals surface area (Å²) in [5.41, 5.74) is 2.59. The number of hydrogen-bond donors (Lipinski definition) is 1. The average molecular weight is 366 g/mol. The number of aromatic nitrogens is 3. The van der Waals surface area contributed by atoms with Crippen molar-refractivity contribution in [3.05, 3.63) is 71.0 Å². The van der Waals surface area contributed by atoms with E-state index in [9.17, 15) is 0 Å². The van der Waals surface area contributed by atoms with Crippen LogP contribution in [0.2, 0.25) is 0 Å². The van der Waals surface area contributed by atoms with E-state index in [1.54, 1.807) is 4.90 Å². The van der Waals surface area contributed by atoms with Crippen molar-refractivity contribution in [2.45, 2.75) is 25.4 Å². The number of likely N-dealkylation sites (tertiary alicyclic amines) is 1. The van der Waals surface area contributed by atoms with E-state index in [1.165, 1.54) is 31.5 Å². The van der Waals surface area contributed by atoms with E-state index >= 15 is 0 Å². The van der Waals surface area contributed by atoms with Gasteiger partial charge >= 0.3 is 0 Å². The zero-order chi connectivity index (χ0) is 17.9. The Balaban J connectivity index is 1.45. The molecule has 2 aromatic carbocycles. The predicted molar refractivity (Wildman–Crippen MR) is 107 cm³/mol. The molecule has 0 amide bonds. The monoisotopic (exact) mass is 365 g/mol. The molecule has 2 heterocycles. The Morgan fingerprint density at radius 3 is 2.27 bits per heavy atom. The fourth-order valence-electron chi connectivity index (χ4n) is 3.88. The molecule has 134 valence electrons. The SMILES string of the molecule is Cn1c(-c2ccccc2)nn(C[NH+]2CCC(c3ccccc3)CC2)c1=S. The molecule has 0 atom stereocenters. The molecule has 0 radical (unpaired) electrons. The number of hydrogen-bond acceptors (Lipinski definition) is 2. The second-order valence-electron chi connectivity index (χ2n) is 7.12. The molecule has 0 saturated carbocycles. The quantitative estimate of drug-likeness (QED) is 0.720. The van der Waals surface area contributed by atoms with Crippen LogP contribution in [0.4, 0.5) is 0 Å². The first kappa shape index (κ1) is 17.2. The maximum Gasteiger partial charge on any atom is 0.202 e. The van der Waals surface area contributed by atoms with Gasteiger partial charge in [0, 0.05) is 25.5 Å². The minimum absolute atomic E-state index is 0.691. The van der Waals surface area contributed by atoms with Gasteiger partial charge in [-0.1, -0.05) is 60.7 Å². The van der Waals surface area contributed by atoms with E-state index in [4.69, 9.17) is 17.3 Å². The van der Waals surface area contributed by atoms with Crippen LogP contribution in [0.1, 0.15) is 24.3 Å². The van der Waals surface area contributed by atoms with E-state index < -0.39 is 0 Å². The standard InChI is InChI=1S/C21H24N4S/c1-23-20(19-10-6-3-7-11-19)22-25(21(23)26)16-24-14-12-18(13-15-24)17-8-4-2-5-9-17/h2-11,18H,12-16H2,1H3/p+1. The van der Waals surface area contributed by atoms with Crippen molar-refractivity contribution < 1.29 is 4.90 Å². The first-order valence-corrected chi connectivity index (χ1v) is 9.71. The number of benzene rings is 2. The molecule has 1 aliphatic heterocycles. The molecule has 0 aliphatic carbocycles. The minimum atomic E-state index is 0.691. The minimum Gasteiger partial charge on any atom is -0.316 e. The molecule has 0 unspecified atom stereocenters. The van der Waals surface area contributed by atoms with E-state index in [1.807, 2.05) is 34.5 Å². The van der Waals surface area contributed by atoms with Crippen molar-refractivity contribution in [1.29, 1.82) is 0 Å². The van der Waals surface area contributed by atoms with Crippen LogP contribution in [0.25, 0.3) is 11.4 Å². The molecule has 1 saturated heterocycles. The lowest BCUT2D eigenvalue weighted by molar-refractivity contribution is -0.928. The Kier molecular flexibility index (Phi) is 5.00. The Hall–Kier alpha value is -2.24. The highest BCUT2D eigenvalue weighted by Crippen LogP contribution is 2.23. The zero-order valence-corrected chi connectivity index (χ0v) is 16.0. The van der Waals surface area contributed by atoms with Crippen LogP contribution in [0, 0.1) is 4.77 Å². The summed E-state index contributed by atoms with van der Waals surface area (Å²) >= 11 is 5.63. The summed E-state index contributed by atoms with van der Waals surface area (Å²) in [6.07, 6.45) is 2.45. The van der Waals surface area contributed by atoms with Crippen LogP contribution < -0.4 is 4.90 Å². The van der Waals surface area contributed by atoms with Gasteiger partial charge in [0.2, 0.25) is 4.77 Å². The molecule has 1 aliphatic rings. The maximum atomic E-state index is 5.63. The van der Waals surface area contributed by atoms with Crippen molar-refractivity contribution >= 4 is 12.2 Å². The van der Waals surface area contributed by atoms with E-state index in [2.05, 4.69) is 42.5 Å². The molecule has 3 aromatic rings. The molecular formula is C21H25N4S+. The highest BCUT2D eigenvalue weighted by atomic mass is 32.1. The van der Waals surface area contributed by atoms with E-state index in [0.29, 0.717) is 5.92 Å². The Bertz CT molecular complexity index is 906. The highest BCUT2D eigenvalue weighted by molar-refractivity contribution is 7.71. The molecule has 1 aromatic heterocycles. The molecule has 0 spiro atoms. The lowest BCUT2D eigenvalue weighted by Crippen LogP contribution is -3.12. The molecule has 4 nitrogen and oxygen atoms in total. The van der Waals surface area contributed by atoms with Gasteiger partial charge in [-0.3, -0.25) is 0 Å². The van der Waals surface area contributed by atoms with Gasteiger partial charge in [-0.15, -0.1) is 5.10 Å². The fourth-order valence-corrected chi connectivity index (χ4v) is 4.08. The van der Waals surface area contributed by atoms with Gasteiger partial charge in [-0.25, -0.2) is 0 Å². The Morgan fingerprint density at radius 1 is 1.00 bits per heavy atom. The molecule has 5 heteroatoms. The molecule has 1 fully saturated rings. The normalized spacial score (nSPS) is 20.2. The third-order valence-electron chi connectivity index (χ3n) is 5.41. The Morgan fingerprint density at radius 2 is 1.62 bits per heavy atom. The van der Waals surface area contributed by atoms with Gasteiger partial charge in [-0.2, -0.15) is 4.68 Å². The second kappa shape index (κ2) is 7.56. The largest absolute Gasteiger partial charge is 0.316 e. The summed E-state index contributed by atoms with van der Waals surface area (Å²) in [6.45, 7) is 3.18. The van der Waals surface area contributed by atoms with Crippen molar-refractivity contribution in [2.24, 2.45) is 7.05 Å². The van der Waals surface area contributed by atoms with Gasteiger partial charge in [0.15, 0.2) is 12.5 Å². The summed E-state index contributed by atoms with van der Waals surface area (Å²) in [6, 6.07) is 21.2. The molecule has 1 N–H and O–H groups in total. The summed E-state index contributed by atoms with van der Waals surface area (Å²) in [5.74, 6) is 1.63. The first-order chi connectivity index (χ1) is 12.7. The molecule has 0 bridgehead atoms. The van der Waals surface area contributed by atoms with Gasteiger partial charge in [0.05, 0.1) is 13.1 Å². The number of nitrogens with zero attached hydrogens (tertiary/aromatic N) is 3. The lowest BCUT2D eigenvalue weighted by Gasteiger charge is -2.29. The Labute approximate surface area is 159 Å². The number of rotatable bonds is 4. The summed E-state index contributed by atoms with van der Waals surface area (Å²) < 4.78 is 4.80. The zero-order valence-electron chi connectivity index (χ0n) is 15.1. The smallest absolute Gasteiger partial charge is 0.202 e. The van der Waals surface area contributed by atoms with Crippen LogP contribution in [-0.4, -0.2) is 27.4 Å². The molecule has 4 rings (SSSR count). The third kappa shape index (κ3) is 3.50. The number of quaternary nitrogens is 1. The lowest BCUT2D eigenvalue weighted by atomic mass is 9.90. The van der Waals surface area contributed by atoms with Crippen LogP contribution in [0.5, 0.6) is 0 Å². The average Bonchev–Trinajstić information content (AvgIpc) is 2.98. The number of piperidine rings is 1. The fraction of sp³-hybridized carbons (Fsp3) is 0.333. The van der Waals surface area contributed by atoms with Crippen molar-refractivity contribution in [3.8, 4) is 11.4 Å². The topological polar surface area (TPSA) is 27.2 Å². The molecular weight excluding hydrogens is 340 g/mol. The number of nitrogens with one attached hydrogen (secondary N) is 1. The van der Waals surface area contributed by atoms with Crippen LogP contribution in [-0.2, 0) is 13.7 Å². The van der Waals surface area contributed by atoms with Crippen molar-refractivity contribution in [3.63, 3.8) is 0 Å². The van der Waals surface area contributed by atoms with E-state index in [-0.39, 0.29) is 0 Å². The van der Waals surface area contributed by atoms with Crippen LogP contribution >= 0.6 is 12.2 Å². The summed E-state index contributed by atoms with van der Waals surface area (Å²) in [7, 11) is 2.01. The van der Waals surface area contributed by atoms with Gasteiger partial charge in [0.1, 0.15) is 0 Å². The van der Waals surface area contributed by atoms with Crippen molar-refractivity contribution in [2.75, 3.05) is 13.1 Å². The van der Waals surface area contributed by atoms with Gasteiger partial charge in [0.25, 0.3) is 0 Å². The van der Waals surface area contributed by atoms with Gasteiger partial charge < -0.3 is 9.47 Å². The van der Waals surface area contributed by atoms with Gasteiger partial charge in [-0.05, 0) is 23.7 Å². The summed E-state index contributed by atoms with van der Waals surface area (Å²) in [4.78, 5) is 1.56. The van der Waals surface area contributed by atoms with Crippen molar-refractivity contribution in [1.82, 2.24) is 14.3 Å². The highest BCUT2D eigenvalue weighted by Gasteiger charge is 2.24. The second-order valence-corrected chi connectivity index (χ2v) is 7.49. The third-order valence-corrected chi connectivity index (χ3v) is 5.89.